The van der Waals surface area contributed by atoms with Crippen LogP contribution in [0.4, 0.5) is 4.79 Å². The van der Waals surface area contributed by atoms with Crippen molar-refractivity contribution in [1.29, 1.82) is 0 Å². The van der Waals surface area contributed by atoms with Crippen LogP contribution >= 0.6 is 0 Å². The van der Waals surface area contributed by atoms with Crippen molar-refractivity contribution in [3.63, 3.8) is 0 Å². The van der Waals surface area contributed by atoms with Crippen LogP contribution in [0.5, 0.6) is 0 Å². The third kappa shape index (κ3) is 1.16. The van der Waals surface area contributed by atoms with Gasteiger partial charge in [0.1, 0.15) is 0 Å². The maximum Gasteiger partial charge on any atom is 0.404 e. The average molecular weight is 170 g/mol. The maximum absolute atomic E-state index is 10.2. The number of rotatable bonds is 1. The van der Waals surface area contributed by atoms with Crippen molar-refractivity contribution in [2.45, 2.75) is 37.8 Å². The van der Waals surface area contributed by atoms with Gasteiger partial charge in [-0.1, -0.05) is 0 Å². The fourth-order valence-electron chi connectivity index (χ4n) is 2.65. The first-order valence-corrected chi connectivity index (χ1v) is 4.35. The lowest BCUT2D eigenvalue weighted by atomic mass is 9.52. The van der Waals surface area contributed by atoms with Crippen LogP contribution in [0.2, 0.25) is 0 Å². The molecule has 4 heteroatoms. The SMILES string of the molecule is NC1CC2(C1)CC(NC(=O)O)C2. The van der Waals surface area contributed by atoms with Gasteiger partial charge in [0.15, 0.2) is 0 Å². The van der Waals surface area contributed by atoms with Gasteiger partial charge in [0.05, 0.1) is 0 Å². The number of hydrogen-bond donors (Lipinski definition) is 3. The van der Waals surface area contributed by atoms with Crippen LogP contribution in [0.3, 0.4) is 0 Å². The summed E-state index contributed by atoms with van der Waals surface area (Å²) in [5.41, 5.74) is 6.10. The molecule has 0 atom stereocenters. The van der Waals surface area contributed by atoms with Crippen molar-refractivity contribution >= 4 is 6.09 Å². The van der Waals surface area contributed by atoms with Gasteiger partial charge in [-0.15, -0.1) is 0 Å². The molecule has 2 rings (SSSR count). The second-order valence-electron chi connectivity index (χ2n) is 4.22. The highest BCUT2D eigenvalue weighted by molar-refractivity contribution is 5.65. The number of carbonyl (C=O) groups is 1. The van der Waals surface area contributed by atoms with Gasteiger partial charge < -0.3 is 16.2 Å². The molecule has 0 radical (unpaired) electrons. The molecule has 1 amide bonds. The van der Waals surface area contributed by atoms with Crippen LogP contribution in [0, 0.1) is 5.41 Å². The summed E-state index contributed by atoms with van der Waals surface area (Å²) in [6, 6.07) is 0.561. The molecule has 0 bridgehead atoms. The molecule has 12 heavy (non-hydrogen) atoms. The minimum Gasteiger partial charge on any atom is -0.465 e. The summed E-state index contributed by atoms with van der Waals surface area (Å²) in [5, 5.41) is 10.9. The Morgan fingerprint density at radius 2 is 2.00 bits per heavy atom. The molecule has 2 aliphatic rings. The summed E-state index contributed by atoms with van der Waals surface area (Å²) in [7, 11) is 0. The van der Waals surface area contributed by atoms with E-state index in [1.807, 2.05) is 0 Å². The molecule has 0 aliphatic heterocycles. The number of hydrogen-bond acceptors (Lipinski definition) is 2. The molecule has 2 fully saturated rings. The van der Waals surface area contributed by atoms with Gasteiger partial charge in [-0.25, -0.2) is 4.79 Å². The van der Waals surface area contributed by atoms with Crippen LogP contribution in [-0.2, 0) is 0 Å². The third-order valence-corrected chi connectivity index (χ3v) is 3.08. The second-order valence-corrected chi connectivity index (χ2v) is 4.22. The molecule has 0 heterocycles. The smallest absolute Gasteiger partial charge is 0.404 e. The molecule has 0 saturated heterocycles. The van der Waals surface area contributed by atoms with Crippen LogP contribution in [0.1, 0.15) is 25.7 Å². The number of carboxylic acid groups (broad SMARTS) is 1. The fourth-order valence-corrected chi connectivity index (χ4v) is 2.65. The highest BCUT2D eigenvalue weighted by atomic mass is 16.4. The molecule has 1 spiro atoms. The van der Waals surface area contributed by atoms with Crippen molar-refractivity contribution in [1.82, 2.24) is 5.32 Å². The van der Waals surface area contributed by atoms with Crippen molar-refractivity contribution in [2.75, 3.05) is 0 Å². The lowest BCUT2D eigenvalue weighted by Gasteiger charge is -2.56. The standard InChI is InChI=1S/C8H14N2O2/c9-5-1-8(2-5)3-6(4-8)10-7(11)12/h5-6,10H,1-4,9H2,(H,11,12). The zero-order valence-corrected chi connectivity index (χ0v) is 6.92. The van der Waals surface area contributed by atoms with E-state index in [-0.39, 0.29) is 6.04 Å². The number of nitrogens with two attached hydrogens (primary N) is 1. The molecular formula is C8H14N2O2. The topological polar surface area (TPSA) is 75.3 Å². The zero-order valence-electron chi connectivity index (χ0n) is 6.92. The summed E-state index contributed by atoms with van der Waals surface area (Å²) in [4.78, 5) is 10.2. The predicted octanol–water partition coefficient (Wildman–Crippen LogP) is 0.524. The maximum atomic E-state index is 10.2. The summed E-state index contributed by atoms with van der Waals surface area (Å²) < 4.78 is 0. The van der Waals surface area contributed by atoms with Gasteiger partial charge in [0.2, 0.25) is 0 Å². The Hall–Kier alpha value is -0.770. The van der Waals surface area contributed by atoms with E-state index in [4.69, 9.17) is 10.8 Å². The van der Waals surface area contributed by atoms with E-state index in [1.54, 1.807) is 0 Å². The van der Waals surface area contributed by atoms with Crippen LogP contribution < -0.4 is 11.1 Å². The lowest BCUT2D eigenvalue weighted by molar-refractivity contribution is -0.0159. The van der Waals surface area contributed by atoms with Gasteiger partial charge >= 0.3 is 6.09 Å². The van der Waals surface area contributed by atoms with Gasteiger partial charge in [0, 0.05) is 12.1 Å². The monoisotopic (exact) mass is 170 g/mol. The summed E-state index contributed by atoms with van der Waals surface area (Å²) in [6.07, 6.45) is 3.26. The van der Waals surface area contributed by atoms with Gasteiger partial charge in [-0.05, 0) is 31.1 Å². The first kappa shape index (κ1) is 7.86. The molecule has 0 aromatic rings. The highest BCUT2D eigenvalue weighted by Crippen LogP contribution is 2.55. The second kappa shape index (κ2) is 2.36. The van der Waals surface area contributed by atoms with Gasteiger partial charge in [0.25, 0.3) is 0 Å². The average Bonchev–Trinajstić information content (AvgIpc) is 1.78. The van der Waals surface area contributed by atoms with Crippen LogP contribution in [0.15, 0.2) is 0 Å². The van der Waals surface area contributed by atoms with E-state index in [1.165, 1.54) is 0 Å². The third-order valence-electron chi connectivity index (χ3n) is 3.08. The Morgan fingerprint density at radius 3 is 2.42 bits per heavy atom. The van der Waals surface area contributed by atoms with E-state index >= 15 is 0 Å². The summed E-state index contributed by atoms with van der Waals surface area (Å²) in [5.74, 6) is 0. The Morgan fingerprint density at radius 1 is 1.42 bits per heavy atom. The van der Waals surface area contributed by atoms with Crippen molar-refractivity contribution in [3.8, 4) is 0 Å². The minimum atomic E-state index is -0.904. The van der Waals surface area contributed by atoms with E-state index < -0.39 is 6.09 Å². The summed E-state index contributed by atoms with van der Waals surface area (Å²) >= 11 is 0. The van der Waals surface area contributed by atoms with Crippen LogP contribution in [0.25, 0.3) is 0 Å². The van der Waals surface area contributed by atoms with Gasteiger partial charge in [-0.3, -0.25) is 0 Å². The Balaban J connectivity index is 1.74. The summed E-state index contributed by atoms with van der Waals surface area (Å²) in [6.45, 7) is 0. The molecule has 0 aromatic carbocycles. The highest BCUT2D eigenvalue weighted by Gasteiger charge is 2.52. The molecule has 68 valence electrons. The lowest BCUT2D eigenvalue weighted by Crippen LogP contribution is -2.59. The molecule has 0 unspecified atom stereocenters. The van der Waals surface area contributed by atoms with E-state index in [2.05, 4.69) is 5.32 Å². The number of amides is 1. The normalized spacial score (nSPS) is 44.8. The Labute approximate surface area is 71.1 Å². The van der Waals surface area contributed by atoms with E-state index in [0.717, 1.165) is 25.7 Å². The zero-order chi connectivity index (χ0) is 8.77. The Bertz CT molecular complexity index is 203. The quantitative estimate of drug-likeness (QED) is 0.537. The van der Waals surface area contributed by atoms with Crippen molar-refractivity contribution in [2.24, 2.45) is 11.1 Å². The molecule has 4 nitrogen and oxygen atoms in total. The Kier molecular flexibility index (Phi) is 1.54. The molecule has 0 aromatic heterocycles. The van der Waals surface area contributed by atoms with E-state index in [9.17, 15) is 4.79 Å². The molecule has 4 N–H and O–H groups in total. The van der Waals surface area contributed by atoms with Gasteiger partial charge in [-0.2, -0.15) is 0 Å². The minimum absolute atomic E-state index is 0.190. The fraction of sp³-hybridized carbons (Fsp3) is 0.875. The molecular weight excluding hydrogens is 156 g/mol. The number of nitrogens with one attached hydrogen (secondary N) is 1. The first-order chi connectivity index (χ1) is 5.60. The molecule has 2 aliphatic carbocycles. The predicted molar refractivity (Wildman–Crippen MR) is 43.8 cm³/mol. The first-order valence-electron chi connectivity index (χ1n) is 4.35. The van der Waals surface area contributed by atoms with E-state index in [0.29, 0.717) is 11.5 Å². The largest absolute Gasteiger partial charge is 0.465 e. The van der Waals surface area contributed by atoms with Crippen molar-refractivity contribution in [3.05, 3.63) is 0 Å². The van der Waals surface area contributed by atoms with Crippen molar-refractivity contribution < 1.29 is 9.90 Å². The molecule has 2 saturated carbocycles. The van der Waals surface area contributed by atoms with Crippen LogP contribution in [-0.4, -0.2) is 23.3 Å².